The number of amides is 1. The molecule has 3 aromatic heterocycles. The molecule has 1 fully saturated rings. The van der Waals surface area contributed by atoms with E-state index >= 15 is 0 Å². The molecule has 1 aliphatic carbocycles. The first-order valence-electron chi connectivity index (χ1n) is 13.3. The number of benzene rings is 2. The van der Waals surface area contributed by atoms with E-state index in [0.717, 1.165) is 53.5 Å². The Morgan fingerprint density at radius 1 is 1.00 bits per heavy atom. The standard InChI is InChI=1S/C31H32N6O/c1-20(38)35-25-9-7-22(8-10-25)30(24-4-3-12-32-19-24)36-26-17-27(31-28(18-26)33-13-14-34-31)23-6-5-21-11-15-37(2)29(21)16-23/h3-6,11-19,22,25,30,36H,7-10H2,1-2H3,(H,35,38)/t22-,25-,30-/m1/s1. The van der Waals surface area contributed by atoms with Gasteiger partial charge in [0.2, 0.25) is 5.91 Å². The van der Waals surface area contributed by atoms with Gasteiger partial charge in [0.15, 0.2) is 0 Å². The zero-order valence-electron chi connectivity index (χ0n) is 21.8. The van der Waals surface area contributed by atoms with Crippen LogP contribution in [-0.4, -0.2) is 31.5 Å². The molecule has 5 aromatic rings. The van der Waals surface area contributed by atoms with Crippen LogP contribution in [0.1, 0.15) is 44.2 Å². The molecule has 1 aliphatic rings. The van der Waals surface area contributed by atoms with Crippen LogP contribution in [-0.2, 0) is 11.8 Å². The van der Waals surface area contributed by atoms with Crippen LogP contribution in [0.25, 0.3) is 33.1 Å². The maximum absolute atomic E-state index is 11.6. The summed E-state index contributed by atoms with van der Waals surface area (Å²) in [7, 11) is 2.07. The van der Waals surface area contributed by atoms with Crippen molar-refractivity contribution in [2.24, 2.45) is 13.0 Å². The molecule has 0 saturated heterocycles. The van der Waals surface area contributed by atoms with Crippen molar-refractivity contribution in [3.8, 4) is 11.1 Å². The van der Waals surface area contributed by atoms with E-state index in [1.165, 1.54) is 16.5 Å². The Kier molecular flexibility index (Phi) is 6.50. The van der Waals surface area contributed by atoms with Crippen LogP contribution in [0.3, 0.4) is 0 Å². The minimum atomic E-state index is 0.0497. The summed E-state index contributed by atoms with van der Waals surface area (Å²) in [6.07, 6.45) is 13.4. The van der Waals surface area contributed by atoms with E-state index in [0.29, 0.717) is 5.92 Å². The summed E-state index contributed by atoms with van der Waals surface area (Å²) in [5.74, 6) is 0.471. The highest BCUT2D eigenvalue weighted by Gasteiger charge is 2.29. The van der Waals surface area contributed by atoms with E-state index in [1.54, 1.807) is 19.3 Å². The number of carbonyl (C=O) groups excluding carboxylic acids is 1. The smallest absolute Gasteiger partial charge is 0.217 e. The highest BCUT2D eigenvalue weighted by molar-refractivity contribution is 5.97. The number of pyridine rings is 1. The number of anilines is 1. The van der Waals surface area contributed by atoms with Crippen molar-refractivity contribution in [2.45, 2.75) is 44.7 Å². The zero-order valence-corrected chi connectivity index (χ0v) is 21.8. The van der Waals surface area contributed by atoms with Crippen molar-refractivity contribution in [2.75, 3.05) is 5.32 Å². The molecular weight excluding hydrogens is 472 g/mol. The van der Waals surface area contributed by atoms with Crippen molar-refractivity contribution >= 4 is 33.5 Å². The molecule has 0 radical (unpaired) electrons. The van der Waals surface area contributed by atoms with E-state index in [-0.39, 0.29) is 18.0 Å². The predicted octanol–water partition coefficient (Wildman–Crippen LogP) is 6.03. The highest BCUT2D eigenvalue weighted by atomic mass is 16.1. The van der Waals surface area contributed by atoms with E-state index in [2.05, 4.69) is 80.9 Å². The third kappa shape index (κ3) is 4.84. The van der Waals surface area contributed by atoms with Gasteiger partial charge in [-0.25, -0.2) is 0 Å². The van der Waals surface area contributed by atoms with Gasteiger partial charge in [0.25, 0.3) is 0 Å². The fraction of sp³-hybridized carbons (Fsp3) is 0.290. The van der Waals surface area contributed by atoms with Crippen molar-refractivity contribution in [1.29, 1.82) is 0 Å². The van der Waals surface area contributed by atoms with Crippen LogP contribution < -0.4 is 10.6 Å². The normalized spacial score (nSPS) is 18.4. The van der Waals surface area contributed by atoms with Crippen LogP contribution >= 0.6 is 0 Å². The molecule has 0 unspecified atom stereocenters. The topological polar surface area (TPSA) is 84.7 Å². The molecule has 1 atom stereocenters. The van der Waals surface area contributed by atoms with Crippen LogP contribution in [0.2, 0.25) is 0 Å². The Balaban J connectivity index is 1.37. The average molecular weight is 505 g/mol. The Morgan fingerprint density at radius 3 is 2.63 bits per heavy atom. The lowest BCUT2D eigenvalue weighted by atomic mass is 9.79. The minimum Gasteiger partial charge on any atom is -0.378 e. The quantitative estimate of drug-likeness (QED) is 0.295. The number of hydrogen-bond acceptors (Lipinski definition) is 5. The monoisotopic (exact) mass is 504 g/mol. The third-order valence-electron chi connectivity index (χ3n) is 7.79. The summed E-state index contributed by atoms with van der Waals surface area (Å²) >= 11 is 0. The highest BCUT2D eigenvalue weighted by Crippen LogP contribution is 2.39. The number of nitrogens with zero attached hydrogens (tertiary/aromatic N) is 4. The molecule has 1 amide bonds. The second-order valence-electron chi connectivity index (χ2n) is 10.4. The van der Waals surface area contributed by atoms with Crippen LogP contribution in [0.15, 0.2) is 79.5 Å². The number of rotatable bonds is 6. The van der Waals surface area contributed by atoms with Crippen LogP contribution in [0.4, 0.5) is 5.69 Å². The molecule has 6 rings (SSSR count). The summed E-state index contributed by atoms with van der Waals surface area (Å²) in [5, 5.41) is 8.18. The summed E-state index contributed by atoms with van der Waals surface area (Å²) in [6.45, 7) is 1.60. The number of hydrogen-bond donors (Lipinski definition) is 2. The summed E-state index contributed by atoms with van der Waals surface area (Å²) in [4.78, 5) is 25.4. The molecule has 192 valence electrons. The number of nitrogens with one attached hydrogen (secondary N) is 2. The fourth-order valence-electron chi connectivity index (χ4n) is 5.91. The molecule has 7 heteroatoms. The largest absolute Gasteiger partial charge is 0.378 e. The SMILES string of the molecule is CC(=O)N[C@H]1CC[C@H]([C@@H](Nc2cc(-c3ccc4ccn(C)c4c3)c3nccnc3c2)c2cccnc2)CC1. The fourth-order valence-corrected chi connectivity index (χ4v) is 5.91. The van der Waals surface area contributed by atoms with Gasteiger partial charge in [-0.15, -0.1) is 0 Å². The number of fused-ring (bicyclic) bond motifs is 2. The second-order valence-corrected chi connectivity index (χ2v) is 10.4. The van der Waals surface area contributed by atoms with E-state index in [9.17, 15) is 4.79 Å². The Bertz CT molecular complexity index is 1590. The molecule has 0 aliphatic heterocycles. The first kappa shape index (κ1) is 24.1. The van der Waals surface area contributed by atoms with Gasteiger partial charge in [-0.1, -0.05) is 18.2 Å². The van der Waals surface area contributed by atoms with Crippen LogP contribution in [0, 0.1) is 5.92 Å². The maximum Gasteiger partial charge on any atom is 0.217 e. The zero-order chi connectivity index (χ0) is 26.1. The van der Waals surface area contributed by atoms with Gasteiger partial charge in [-0.05, 0) is 78.4 Å². The van der Waals surface area contributed by atoms with Gasteiger partial charge < -0.3 is 15.2 Å². The van der Waals surface area contributed by atoms with Crippen LogP contribution in [0.5, 0.6) is 0 Å². The van der Waals surface area contributed by atoms with E-state index in [4.69, 9.17) is 4.98 Å². The first-order valence-corrected chi connectivity index (χ1v) is 13.3. The molecule has 2 aromatic carbocycles. The molecular formula is C31H32N6O. The molecule has 2 N–H and O–H groups in total. The number of aryl methyl sites for hydroxylation is 1. The summed E-state index contributed by atoms with van der Waals surface area (Å²) in [5.41, 5.74) is 7.28. The Labute approximate surface area is 222 Å². The van der Waals surface area contributed by atoms with Crippen molar-refractivity contribution in [1.82, 2.24) is 24.8 Å². The van der Waals surface area contributed by atoms with Crippen molar-refractivity contribution < 1.29 is 4.79 Å². The first-order chi connectivity index (χ1) is 18.5. The molecule has 1 saturated carbocycles. The van der Waals surface area contributed by atoms with Gasteiger partial charge in [0.1, 0.15) is 0 Å². The maximum atomic E-state index is 11.6. The van der Waals surface area contributed by atoms with Gasteiger partial charge in [0.05, 0.1) is 17.1 Å². The lowest BCUT2D eigenvalue weighted by molar-refractivity contribution is -0.119. The Hall–Kier alpha value is -4.26. The average Bonchev–Trinajstić information content (AvgIpc) is 3.32. The molecule has 3 heterocycles. The third-order valence-corrected chi connectivity index (χ3v) is 7.79. The van der Waals surface area contributed by atoms with Gasteiger partial charge in [-0.3, -0.25) is 19.7 Å². The van der Waals surface area contributed by atoms with E-state index < -0.39 is 0 Å². The number of aromatic nitrogens is 4. The lowest BCUT2D eigenvalue weighted by Gasteiger charge is -2.35. The Morgan fingerprint density at radius 2 is 1.84 bits per heavy atom. The van der Waals surface area contributed by atoms with E-state index in [1.807, 2.05) is 18.5 Å². The molecule has 7 nitrogen and oxygen atoms in total. The lowest BCUT2D eigenvalue weighted by Crippen LogP contribution is -2.38. The summed E-state index contributed by atoms with van der Waals surface area (Å²) in [6, 6.07) is 17.5. The second kappa shape index (κ2) is 10.2. The molecule has 38 heavy (non-hydrogen) atoms. The minimum absolute atomic E-state index is 0.0497. The van der Waals surface area contributed by atoms with Crippen molar-refractivity contribution in [3.05, 3.63) is 85.1 Å². The van der Waals surface area contributed by atoms with Crippen molar-refractivity contribution in [3.63, 3.8) is 0 Å². The molecule has 0 bridgehead atoms. The summed E-state index contributed by atoms with van der Waals surface area (Å²) < 4.78 is 2.14. The number of carbonyl (C=O) groups is 1. The van der Waals surface area contributed by atoms with Gasteiger partial charge >= 0.3 is 0 Å². The van der Waals surface area contributed by atoms with Gasteiger partial charge in [0, 0.05) is 67.8 Å². The van der Waals surface area contributed by atoms with Gasteiger partial charge in [-0.2, -0.15) is 0 Å². The molecule has 0 spiro atoms. The predicted molar refractivity (Wildman–Crippen MR) is 152 cm³/mol.